The minimum absolute atomic E-state index is 0.274. The lowest BCUT2D eigenvalue weighted by atomic mass is 10.1. The molecule has 1 aromatic heterocycles. The Morgan fingerprint density at radius 2 is 1.80 bits per heavy atom. The predicted molar refractivity (Wildman–Crippen MR) is 80.3 cm³/mol. The number of aromatic nitrogens is 1. The molecule has 0 radical (unpaired) electrons. The van der Waals surface area contributed by atoms with Gasteiger partial charge in [-0.1, -0.05) is 23.7 Å². The lowest BCUT2D eigenvalue weighted by Crippen LogP contribution is -2.02. The van der Waals surface area contributed by atoms with Gasteiger partial charge in [-0.05, 0) is 42.0 Å². The molecule has 0 fully saturated rings. The molecule has 0 aliphatic rings. The highest BCUT2D eigenvalue weighted by molar-refractivity contribution is 6.31. The van der Waals surface area contributed by atoms with Crippen LogP contribution in [0.15, 0.2) is 54.7 Å². The fourth-order valence-electron chi connectivity index (χ4n) is 2.30. The van der Waals surface area contributed by atoms with Crippen LogP contribution in [0.4, 0.5) is 0 Å². The third-order valence-corrected chi connectivity index (χ3v) is 3.62. The van der Waals surface area contributed by atoms with E-state index in [2.05, 4.69) is 4.57 Å². The Balaban J connectivity index is 2.03. The molecule has 0 aliphatic heterocycles. The van der Waals surface area contributed by atoms with Crippen LogP contribution in [-0.4, -0.2) is 21.4 Å². The second kappa shape index (κ2) is 5.29. The van der Waals surface area contributed by atoms with Gasteiger partial charge in [-0.2, -0.15) is 0 Å². The number of hydrogen-bond donors (Lipinski definition) is 2. The average Bonchev–Trinajstić information content (AvgIpc) is 2.89. The number of halogens is 1. The maximum absolute atomic E-state index is 9.58. The first-order chi connectivity index (χ1) is 9.69. The summed E-state index contributed by atoms with van der Waals surface area (Å²) in [7, 11) is 0. The Hall–Kier alpha value is -1.81. The molecule has 20 heavy (non-hydrogen) atoms. The van der Waals surface area contributed by atoms with E-state index in [1.165, 1.54) is 0 Å². The van der Waals surface area contributed by atoms with Crippen molar-refractivity contribution in [1.29, 1.82) is 0 Å². The van der Waals surface area contributed by atoms with Crippen LogP contribution < -0.4 is 0 Å². The SMILES string of the molecule is OC[C@H](O)c1ccc(-n2ccc3cc(Cl)ccc32)cc1. The summed E-state index contributed by atoms with van der Waals surface area (Å²) in [6.45, 7) is -0.274. The van der Waals surface area contributed by atoms with Crippen LogP contribution >= 0.6 is 11.6 Å². The molecule has 0 bridgehead atoms. The van der Waals surface area contributed by atoms with E-state index in [-0.39, 0.29) is 6.61 Å². The molecule has 0 amide bonds. The minimum Gasteiger partial charge on any atom is -0.393 e. The fraction of sp³-hybridized carbons (Fsp3) is 0.125. The van der Waals surface area contributed by atoms with Gasteiger partial charge in [0.2, 0.25) is 0 Å². The predicted octanol–water partition coefficient (Wildman–Crippen LogP) is 3.31. The van der Waals surface area contributed by atoms with Crippen molar-refractivity contribution < 1.29 is 10.2 Å². The molecule has 2 N–H and O–H groups in total. The van der Waals surface area contributed by atoms with Gasteiger partial charge in [0.05, 0.1) is 12.1 Å². The van der Waals surface area contributed by atoms with Crippen LogP contribution in [0.3, 0.4) is 0 Å². The van der Waals surface area contributed by atoms with E-state index in [9.17, 15) is 5.11 Å². The van der Waals surface area contributed by atoms with Gasteiger partial charge in [0, 0.05) is 22.3 Å². The Morgan fingerprint density at radius 1 is 1.05 bits per heavy atom. The topological polar surface area (TPSA) is 45.4 Å². The van der Waals surface area contributed by atoms with Gasteiger partial charge in [0.1, 0.15) is 6.10 Å². The van der Waals surface area contributed by atoms with Gasteiger partial charge >= 0.3 is 0 Å². The zero-order valence-electron chi connectivity index (χ0n) is 10.7. The first-order valence-electron chi connectivity index (χ1n) is 6.35. The van der Waals surface area contributed by atoms with Crippen molar-refractivity contribution in [3.63, 3.8) is 0 Å². The van der Waals surface area contributed by atoms with Crippen LogP contribution in [-0.2, 0) is 0 Å². The van der Waals surface area contributed by atoms with Gasteiger partial charge in [0.15, 0.2) is 0 Å². The van der Waals surface area contributed by atoms with Crippen molar-refractivity contribution in [2.75, 3.05) is 6.61 Å². The summed E-state index contributed by atoms with van der Waals surface area (Å²) >= 11 is 5.98. The number of hydrogen-bond acceptors (Lipinski definition) is 2. The van der Waals surface area contributed by atoms with Crippen molar-refractivity contribution in [3.05, 3.63) is 65.3 Å². The first-order valence-corrected chi connectivity index (χ1v) is 6.73. The molecule has 0 saturated heterocycles. The molecule has 4 heteroatoms. The van der Waals surface area contributed by atoms with Gasteiger partial charge in [-0.15, -0.1) is 0 Å². The third kappa shape index (κ3) is 2.31. The highest BCUT2D eigenvalue weighted by Gasteiger charge is 2.07. The van der Waals surface area contributed by atoms with Crippen LogP contribution in [0, 0.1) is 0 Å². The second-order valence-corrected chi connectivity index (χ2v) is 5.12. The molecule has 1 atom stereocenters. The molecular weight excluding hydrogens is 274 g/mol. The molecule has 0 aliphatic carbocycles. The van der Waals surface area contributed by atoms with Crippen LogP contribution in [0.5, 0.6) is 0 Å². The number of rotatable bonds is 3. The molecule has 102 valence electrons. The van der Waals surface area contributed by atoms with E-state index in [4.69, 9.17) is 16.7 Å². The first kappa shape index (κ1) is 13.2. The maximum atomic E-state index is 9.58. The Kier molecular flexibility index (Phi) is 3.49. The second-order valence-electron chi connectivity index (χ2n) is 4.68. The number of fused-ring (bicyclic) bond motifs is 1. The van der Waals surface area contributed by atoms with E-state index in [0.29, 0.717) is 5.56 Å². The normalized spacial score (nSPS) is 12.8. The number of aliphatic hydroxyl groups excluding tert-OH is 2. The molecular formula is C16H14ClNO2. The standard InChI is InChI=1S/C16H14ClNO2/c17-13-3-6-15-12(9-13)7-8-18(15)14-4-1-11(2-5-14)16(20)10-19/h1-9,16,19-20H,10H2/t16-/m0/s1. The molecule has 0 spiro atoms. The molecule has 3 rings (SSSR count). The van der Waals surface area contributed by atoms with Gasteiger partial charge in [-0.25, -0.2) is 0 Å². The average molecular weight is 288 g/mol. The summed E-state index contributed by atoms with van der Waals surface area (Å²) in [5, 5.41) is 20.3. The highest BCUT2D eigenvalue weighted by Crippen LogP contribution is 2.24. The van der Waals surface area contributed by atoms with Crippen molar-refractivity contribution in [2.45, 2.75) is 6.10 Å². The third-order valence-electron chi connectivity index (χ3n) is 3.38. The monoisotopic (exact) mass is 287 g/mol. The van der Waals surface area contributed by atoms with Crippen molar-refractivity contribution in [3.8, 4) is 5.69 Å². The van der Waals surface area contributed by atoms with E-state index < -0.39 is 6.10 Å². The Morgan fingerprint density at radius 3 is 2.50 bits per heavy atom. The lowest BCUT2D eigenvalue weighted by molar-refractivity contribution is 0.0956. The summed E-state index contributed by atoms with van der Waals surface area (Å²) in [6, 6.07) is 15.3. The minimum atomic E-state index is -0.829. The Labute approximate surface area is 121 Å². The molecule has 3 nitrogen and oxygen atoms in total. The maximum Gasteiger partial charge on any atom is 0.102 e. The Bertz CT molecular complexity index is 734. The largest absolute Gasteiger partial charge is 0.393 e. The molecule has 0 saturated carbocycles. The lowest BCUT2D eigenvalue weighted by Gasteiger charge is -2.10. The number of nitrogens with zero attached hydrogens (tertiary/aromatic N) is 1. The molecule has 0 unspecified atom stereocenters. The van der Waals surface area contributed by atoms with E-state index in [1.54, 1.807) is 0 Å². The van der Waals surface area contributed by atoms with Gasteiger partial charge in [-0.3, -0.25) is 0 Å². The smallest absolute Gasteiger partial charge is 0.102 e. The summed E-state index contributed by atoms with van der Waals surface area (Å²) in [5.74, 6) is 0. The zero-order valence-corrected chi connectivity index (χ0v) is 11.5. The van der Waals surface area contributed by atoms with Crippen LogP contribution in [0.25, 0.3) is 16.6 Å². The van der Waals surface area contributed by atoms with Crippen molar-refractivity contribution >= 4 is 22.5 Å². The molecule has 1 heterocycles. The van der Waals surface area contributed by atoms with Gasteiger partial charge in [0.25, 0.3) is 0 Å². The molecule has 2 aromatic carbocycles. The summed E-state index contributed by atoms with van der Waals surface area (Å²) in [5.41, 5.74) is 2.77. The quantitative estimate of drug-likeness (QED) is 0.776. The number of benzene rings is 2. The van der Waals surface area contributed by atoms with Crippen LogP contribution in [0.2, 0.25) is 5.02 Å². The summed E-state index contributed by atoms with van der Waals surface area (Å²) in [4.78, 5) is 0. The zero-order chi connectivity index (χ0) is 14.1. The van der Waals surface area contributed by atoms with E-state index in [0.717, 1.165) is 21.6 Å². The summed E-state index contributed by atoms with van der Waals surface area (Å²) < 4.78 is 2.06. The van der Waals surface area contributed by atoms with Crippen LogP contribution in [0.1, 0.15) is 11.7 Å². The summed E-state index contributed by atoms with van der Waals surface area (Å²) in [6.07, 6.45) is 1.16. The highest BCUT2D eigenvalue weighted by atomic mass is 35.5. The fourth-order valence-corrected chi connectivity index (χ4v) is 2.48. The molecule has 3 aromatic rings. The van der Waals surface area contributed by atoms with Crippen molar-refractivity contribution in [1.82, 2.24) is 4.57 Å². The van der Waals surface area contributed by atoms with Gasteiger partial charge < -0.3 is 14.8 Å². The number of aliphatic hydroxyl groups is 2. The van der Waals surface area contributed by atoms with E-state index >= 15 is 0 Å². The van der Waals surface area contributed by atoms with E-state index in [1.807, 2.05) is 54.7 Å². The van der Waals surface area contributed by atoms with Crippen molar-refractivity contribution in [2.24, 2.45) is 0 Å².